The largest absolute Gasteiger partial charge is 0.478 e. The van der Waals surface area contributed by atoms with Crippen LogP contribution in [0.4, 0.5) is 10.1 Å². The van der Waals surface area contributed by atoms with Crippen LogP contribution < -0.4 is 4.90 Å². The van der Waals surface area contributed by atoms with E-state index >= 15 is 0 Å². The molecule has 1 fully saturated rings. The Morgan fingerprint density at radius 2 is 2.15 bits per heavy atom. The van der Waals surface area contributed by atoms with Gasteiger partial charge < -0.3 is 10.0 Å². The van der Waals surface area contributed by atoms with Crippen molar-refractivity contribution in [3.05, 3.63) is 35.7 Å². The molecule has 108 valence electrons. The minimum atomic E-state index is -1.03. The summed E-state index contributed by atoms with van der Waals surface area (Å²) in [6.07, 6.45) is 3.54. The highest BCUT2D eigenvalue weighted by atomic mass is 19.1. The maximum atomic E-state index is 14.2. The summed E-state index contributed by atoms with van der Waals surface area (Å²) in [5.74, 6) is -0.184. The quantitative estimate of drug-likeness (QED) is 0.861. The summed E-state index contributed by atoms with van der Waals surface area (Å²) >= 11 is 0. The number of nitrogens with zero attached hydrogens (tertiary/aromatic N) is 1. The first-order chi connectivity index (χ1) is 9.49. The second kappa shape index (κ2) is 6.07. The molecule has 1 aromatic rings. The van der Waals surface area contributed by atoms with E-state index in [1.54, 1.807) is 12.1 Å². The zero-order chi connectivity index (χ0) is 14.7. The highest BCUT2D eigenvalue weighted by Gasteiger charge is 2.25. The Hall–Kier alpha value is -1.84. The van der Waals surface area contributed by atoms with E-state index in [1.165, 1.54) is 12.1 Å². The van der Waals surface area contributed by atoms with Gasteiger partial charge in [-0.05, 0) is 30.4 Å². The molecule has 2 unspecified atom stereocenters. The van der Waals surface area contributed by atoms with Gasteiger partial charge in [-0.15, -0.1) is 0 Å². The van der Waals surface area contributed by atoms with Crippen molar-refractivity contribution in [1.29, 1.82) is 0 Å². The number of carbonyl (C=O) groups is 1. The number of aliphatic carboxylic acids is 1. The van der Waals surface area contributed by atoms with Gasteiger partial charge in [0.05, 0.1) is 5.69 Å². The van der Waals surface area contributed by atoms with E-state index < -0.39 is 5.97 Å². The molecule has 1 aliphatic heterocycles. The third kappa shape index (κ3) is 3.18. The van der Waals surface area contributed by atoms with Crippen LogP contribution in [-0.2, 0) is 4.79 Å². The van der Waals surface area contributed by atoms with Crippen molar-refractivity contribution >= 4 is 17.7 Å². The van der Waals surface area contributed by atoms with Crippen LogP contribution in [-0.4, -0.2) is 24.2 Å². The Bertz CT molecular complexity index is 527. The zero-order valence-electron chi connectivity index (χ0n) is 11.8. The molecule has 20 heavy (non-hydrogen) atoms. The average molecular weight is 277 g/mol. The second-order valence-corrected chi connectivity index (χ2v) is 5.54. The van der Waals surface area contributed by atoms with Gasteiger partial charge in [-0.1, -0.05) is 26.0 Å². The lowest BCUT2D eigenvalue weighted by molar-refractivity contribution is -0.131. The summed E-state index contributed by atoms with van der Waals surface area (Å²) in [7, 11) is 0. The number of carboxylic acids is 1. The predicted molar refractivity (Wildman–Crippen MR) is 78.2 cm³/mol. The van der Waals surface area contributed by atoms with Crippen LogP contribution >= 0.6 is 0 Å². The van der Waals surface area contributed by atoms with E-state index in [9.17, 15) is 9.18 Å². The Balaban J connectivity index is 2.32. The average Bonchev–Trinajstić information content (AvgIpc) is 2.40. The molecule has 1 N–H and O–H groups in total. The molecule has 0 aliphatic carbocycles. The second-order valence-electron chi connectivity index (χ2n) is 5.54. The van der Waals surface area contributed by atoms with E-state index in [0.29, 0.717) is 23.1 Å². The topological polar surface area (TPSA) is 40.5 Å². The van der Waals surface area contributed by atoms with Crippen LogP contribution in [0.15, 0.2) is 24.3 Å². The number of para-hydroxylation sites is 1. The Morgan fingerprint density at radius 3 is 2.80 bits per heavy atom. The van der Waals surface area contributed by atoms with Crippen LogP contribution in [0.3, 0.4) is 0 Å². The summed E-state index contributed by atoms with van der Waals surface area (Å²) in [6, 6.07) is 4.78. The Kier molecular flexibility index (Phi) is 4.42. The van der Waals surface area contributed by atoms with Gasteiger partial charge in [0.2, 0.25) is 0 Å². The molecular formula is C16H20FNO2. The van der Waals surface area contributed by atoms with Crippen molar-refractivity contribution in [2.45, 2.75) is 20.3 Å². The summed E-state index contributed by atoms with van der Waals surface area (Å²) in [5, 5.41) is 8.73. The van der Waals surface area contributed by atoms with Gasteiger partial charge in [-0.25, -0.2) is 9.18 Å². The van der Waals surface area contributed by atoms with E-state index in [4.69, 9.17) is 5.11 Å². The number of hydrogen-bond acceptors (Lipinski definition) is 2. The van der Waals surface area contributed by atoms with Crippen LogP contribution in [0.5, 0.6) is 0 Å². The first kappa shape index (κ1) is 14.6. The number of carboxylic acid groups (broad SMARTS) is 1. The highest BCUT2D eigenvalue weighted by Crippen LogP contribution is 2.31. The fraction of sp³-hybridized carbons (Fsp3) is 0.438. The first-order valence-corrected chi connectivity index (χ1v) is 6.93. The number of anilines is 1. The summed E-state index contributed by atoms with van der Waals surface area (Å²) in [4.78, 5) is 12.7. The summed E-state index contributed by atoms with van der Waals surface area (Å²) in [6.45, 7) is 6.00. The molecule has 4 heteroatoms. The molecule has 0 bridgehead atoms. The summed E-state index contributed by atoms with van der Waals surface area (Å²) in [5.41, 5.74) is 1.14. The fourth-order valence-electron chi connectivity index (χ4n) is 2.63. The third-order valence-electron chi connectivity index (χ3n) is 4.07. The molecule has 2 atom stereocenters. The number of piperidine rings is 1. The molecule has 1 heterocycles. The van der Waals surface area contributed by atoms with Crippen molar-refractivity contribution in [1.82, 2.24) is 0 Å². The fourth-order valence-corrected chi connectivity index (χ4v) is 2.63. The number of hydrogen-bond donors (Lipinski definition) is 1. The molecule has 2 rings (SSSR count). The minimum absolute atomic E-state index is 0.292. The lowest BCUT2D eigenvalue weighted by Gasteiger charge is -2.37. The minimum Gasteiger partial charge on any atom is -0.478 e. The van der Waals surface area contributed by atoms with E-state index in [1.807, 2.05) is 4.90 Å². The van der Waals surface area contributed by atoms with Crippen LogP contribution in [0, 0.1) is 17.7 Å². The Labute approximate surface area is 118 Å². The molecule has 0 radical (unpaired) electrons. The summed E-state index contributed by atoms with van der Waals surface area (Å²) < 4.78 is 14.2. The monoisotopic (exact) mass is 277 g/mol. The van der Waals surface area contributed by atoms with Gasteiger partial charge in [0.1, 0.15) is 5.82 Å². The van der Waals surface area contributed by atoms with Crippen LogP contribution in [0.1, 0.15) is 25.8 Å². The van der Waals surface area contributed by atoms with Gasteiger partial charge >= 0.3 is 5.97 Å². The zero-order valence-corrected chi connectivity index (χ0v) is 11.8. The smallest absolute Gasteiger partial charge is 0.328 e. The van der Waals surface area contributed by atoms with Crippen LogP contribution in [0.2, 0.25) is 0 Å². The van der Waals surface area contributed by atoms with Crippen molar-refractivity contribution < 1.29 is 14.3 Å². The first-order valence-electron chi connectivity index (χ1n) is 6.93. The number of rotatable bonds is 3. The highest BCUT2D eigenvalue weighted by molar-refractivity contribution is 5.87. The molecule has 1 aromatic carbocycles. The number of halogens is 1. The molecule has 0 saturated carbocycles. The van der Waals surface area contributed by atoms with Gasteiger partial charge in [0.25, 0.3) is 0 Å². The standard InChI is InChI=1S/C16H20FNO2/c1-11-8-9-18(10-12(11)2)16-13(6-7-15(19)20)4-3-5-14(16)17/h3-7,11-12H,8-10H2,1-2H3,(H,19,20)/b7-6+. The van der Waals surface area contributed by atoms with Crippen molar-refractivity contribution in [3.8, 4) is 0 Å². The van der Waals surface area contributed by atoms with Crippen molar-refractivity contribution in [2.24, 2.45) is 11.8 Å². The van der Waals surface area contributed by atoms with Gasteiger partial charge in [0.15, 0.2) is 0 Å². The van der Waals surface area contributed by atoms with Gasteiger partial charge in [0, 0.05) is 24.7 Å². The van der Waals surface area contributed by atoms with Crippen molar-refractivity contribution in [3.63, 3.8) is 0 Å². The van der Waals surface area contributed by atoms with Gasteiger partial charge in [-0.3, -0.25) is 0 Å². The molecule has 3 nitrogen and oxygen atoms in total. The molecule has 0 amide bonds. The molecule has 0 aromatic heterocycles. The molecular weight excluding hydrogens is 257 g/mol. The van der Waals surface area contributed by atoms with Crippen LogP contribution in [0.25, 0.3) is 6.08 Å². The van der Waals surface area contributed by atoms with Crippen molar-refractivity contribution in [2.75, 3.05) is 18.0 Å². The van der Waals surface area contributed by atoms with E-state index in [-0.39, 0.29) is 5.82 Å². The maximum absolute atomic E-state index is 14.2. The van der Waals surface area contributed by atoms with Gasteiger partial charge in [-0.2, -0.15) is 0 Å². The lowest BCUT2D eigenvalue weighted by Crippen LogP contribution is -2.39. The van der Waals surface area contributed by atoms with E-state index in [2.05, 4.69) is 13.8 Å². The third-order valence-corrected chi connectivity index (χ3v) is 4.07. The SMILES string of the molecule is CC1CCN(c2c(F)cccc2/C=C/C(=O)O)CC1C. The normalized spacial score (nSPS) is 23.2. The molecule has 1 saturated heterocycles. The lowest BCUT2D eigenvalue weighted by atomic mass is 9.88. The Morgan fingerprint density at radius 1 is 1.40 bits per heavy atom. The maximum Gasteiger partial charge on any atom is 0.328 e. The van der Waals surface area contributed by atoms with E-state index in [0.717, 1.165) is 25.6 Å². The number of benzene rings is 1. The predicted octanol–water partition coefficient (Wildman–Crippen LogP) is 3.41. The molecule has 1 aliphatic rings. The molecule has 0 spiro atoms.